The molecule has 0 fully saturated rings. The van der Waals surface area contributed by atoms with Gasteiger partial charge in [0.15, 0.2) is 0 Å². The van der Waals surface area contributed by atoms with Crippen LogP contribution in [0.4, 0.5) is 0 Å². The minimum absolute atomic E-state index is 0.125. The number of aliphatic hydroxyl groups excluding tert-OH is 1. The largest absolute Gasteiger partial charge is 0.393 e. The Morgan fingerprint density at radius 2 is 2.07 bits per heavy atom. The van der Waals surface area contributed by atoms with Crippen molar-refractivity contribution in [2.75, 3.05) is 0 Å². The van der Waals surface area contributed by atoms with Crippen LogP contribution >= 0.6 is 0 Å². The van der Waals surface area contributed by atoms with E-state index in [1.54, 1.807) is 5.57 Å². The van der Waals surface area contributed by atoms with Crippen LogP contribution in [0.25, 0.3) is 0 Å². The highest BCUT2D eigenvalue weighted by Crippen LogP contribution is 2.39. The van der Waals surface area contributed by atoms with Crippen molar-refractivity contribution in [3.05, 3.63) is 11.6 Å². The van der Waals surface area contributed by atoms with E-state index in [1.807, 2.05) is 6.92 Å². The molecule has 2 unspecified atom stereocenters. The van der Waals surface area contributed by atoms with Gasteiger partial charge in [-0.3, -0.25) is 0 Å². The van der Waals surface area contributed by atoms with Crippen LogP contribution in [0.2, 0.25) is 0 Å². The molecule has 0 saturated carbocycles. The van der Waals surface area contributed by atoms with Crippen molar-refractivity contribution in [1.29, 1.82) is 0 Å². The Morgan fingerprint density at radius 3 is 2.43 bits per heavy atom. The summed E-state index contributed by atoms with van der Waals surface area (Å²) in [5.41, 5.74) is 1.72. The highest BCUT2D eigenvalue weighted by Gasteiger charge is 2.31. The highest BCUT2D eigenvalue weighted by molar-refractivity contribution is 5.10. The van der Waals surface area contributed by atoms with Crippen molar-refractivity contribution in [3.8, 4) is 0 Å². The van der Waals surface area contributed by atoms with E-state index in [4.69, 9.17) is 0 Å². The molecule has 0 aliphatic heterocycles. The maximum absolute atomic E-state index is 9.68. The molecule has 0 radical (unpaired) electrons. The summed E-state index contributed by atoms with van der Waals surface area (Å²) in [5.74, 6) is 0.761. The van der Waals surface area contributed by atoms with Crippen molar-refractivity contribution >= 4 is 0 Å². The summed E-state index contributed by atoms with van der Waals surface area (Å²) < 4.78 is 0. The molecule has 0 heterocycles. The molecule has 1 rings (SSSR count). The topological polar surface area (TPSA) is 20.2 Å². The fraction of sp³-hybridized carbons (Fsp3) is 0.846. The molecule has 2 atom stereocenters. The zero-order chi connectivity index (χ0) is 10.8. The van der Waals surface area contributed by atoms with Crippen molar-refractivity contribution in [1.82, 2.24) is 0 Å². The second-order valence-corrected chi connectivity index (χ2v) is 5.49. The molecule has 1 heteroatoms. The number of hydrogen-bond donors (Lipinski definition) is 1. The number of allylic oxidation sites excluding steroid dienone is 2. The highest BCUT2D eigenvalue weighted by atomic mass is 16.3. The molecule has 0 saturated heterocycles. The Labute approximate surface area is 88.2 Å². The first-order valence-electron chi connectivity index (χ1n) is 5.80. The summed E-state index contributed by atoms with van der Waals surface area (Å²) in [7, 11) is 0. The molecule has 1 nitrogen and oxygen atoms in total. The predicted molar refractivity (Wildman–Crippen MR) is 61.2 cm³/mol. The number of aliphatic hydroxyl groups is 1. The van der Waals surface area contributed by atoms with E-state index in [2.05, 4.69) is 26.8 Å². The smallest absolute Gasteiger partial charge is 0.0568 e. The van der Waals surface area contributed by atoms with Gasteiger partial charge in [-0.05, 0) is 43.9 Å². The monoisotopic (exact) mass is 196 g/mol. The molecule has 82 valence electrons. The number of hydrogen-bond acceptors (Lipinski definition) is 1. The van der Waals surface area contributed by atoms with Gasteiger partial charge >= 0.3 is 0 Å². The third-order valence-corrected chi connectivity index (χ3v) is 3.55. The molecule has 1 aliphatic rings. The molecule has 1 N–H and O–H groups in total. The molecule has 0 aromatic carbocycles. The van der Waals surface area contributed by atoms with Gasteiger partial charge in [0.25, 0.3) is 0 Å². The molecule has 14 heavy (non-hydrogen) atoms. The van der Waals surface area contributed by atoms with E-state index in [0.29, 0.717) is 0 Å². The fourth-order valence-electron chi connectivity index (χ4n) is 2.12. The summed E-state index contributed by atoms with van der Waals surface area (Å²) in [4.78, 5) is 0. The fourth-order valence-corrected chi connectivity index (χ4v) is 2.12. The summed E-state index contributed by atoms with van der Waals surface area (Å²) >= 11 is 0. The average Bonchev–Trinajstić information content (AvgIpc) is 2.08. The van der Waals surface area contributed by atoms with E-state index in [0.717, 1.165) is 18.8 Å². The van der Waals surface area contributed by atoms with Crippen LogP contribution in [-0.2, 0) is 0 Å². The maximum atomic E-state index is 9.68. The third kappa shape index (κ3) is 2.84. The van der Waals surface area contributed by atoms with E-state index in [1.165, 1.54) is 12.8 Å². The van der Waals surface area contributed by atoms with Crippen LogP contribution in [0.5, 0.6) is 0 Å². The Balaban J connectivity index is 2.54. The van der Waals surface area contributed by atoms with Crippen LogP contribution in [0.15, 0.2) is 11.6 Å². The Hall–Kier alpha value is -0.300. The molecule has 0 aromatic rings. The van der Waals surface area contributed by atoms with Gasteiger partial charge in [-0.1, -0.05) is 32.4 Å². The van der Waals surface area contributed by atoms with Crippen LogP contribution in [0.1, 0.15) is 53.4 Å². The van der Waals surface area contributed by atoms with Crippen molar-refractivity contribution in [3.63, 3.8) is 0 Å². The van der Waals surface area contributed by atoms with Crippen molar-refractivity contribution < 1.29 is 5.11 Å². The summed E-state index contributed by atoms with van der Waals surface area (Å²) in [6.07, 6.45) is 6.78. The lowest BCUT2D eigenvalue weighted by Crippen LogP contribution is -2.31. The quantitative estimate of drug-likeness (QED) is 0.685. The lowest BCUT2D eigenvalue weighted by Gasteiger charge is -2.35. The van der Waals surface area contributed by atoms with Gasteiger partial charge in [-0.25, -0.2) is 0 Å². The van der Waals surface area contributed by atoms with Gasteiger partial charge in [0.1, 0.15) is 0 Å². The van der Waals surface area contributed by atoms with E-state index < -0.39 is 0 Å². The molecule has 0 amide bonds. The Bertz CT molecular complexity index is 215. The van der Waals surface area contributed by atoms with Crippen molar-refractivity contribution in [2.45, 2.75) is 59.5 Å². The van der Waals surface area contributed by atoms with E-state index in [9.17, 15) is 5.11 Å². The van der Waals surface area contributed by atoms with E-state index in [-0.39, 0.29) is 11.5 Å². The van der Waals surface area contributed by atoms with Gasteiger partial charge in [0.2, 0.25) is 0 Å². The van der Waals surface area contributed by atoms with Gasteiger partial charge in [-0.2, -0.15) is 0 Å². The minimum atomic E-state index is -0.181. The normalized spacial score (nSPS) is 30.3. The molecular weight excluding hydrogens is 172 g/mol. The standard InChI is InChI=1S/C13H24O/c1-10(2)9-12-5-7-13(4,8-6-12)11(3)14/h5,10-11,14H,6-9H2,1-4H3. The summed E-state index contributed by atoms with van der Waals surface area (Å²) in [6.45, 7) is 8.65. The second-order valence-electron chi connectivity index (χ2n) is 5.49. The lowest BCUT2D eigenvalue weighted by atomic mass is 9.72. The van der Waals surface area contributed by atoms with Gasteiger partial charge in [0.05, 0.1) is 6.10 Å². The molecule has 1 aliphatic carbocycles. The summed E-state index contributed by atoms with van der Waals surface area (Å²) in [6, 6.07) is 0. The van der Waals surface area contributed by atoms with Gasteiger partial charge in [-0.15, -0.1) is 0 Å². The Kier molecular flexibility index (Phi) is 3.77. The zero-order valence-electron chi connectivity index (χ0n) is 10.0. The van der Waals surface area contributed by atoms with Crippen molar-refractivity contribution in [2.24, 2.45) is 11.3 Å². The maximum Gasteiger partial charge on any atom is 0.0568 e. The minimum Gasteiger partial charge on any atom is -0.393 e. The third-order valence-electron chi connectivity index (χ3n) is 3.55. The molecule has 0 spiro atoms. The molecular formula is C13H24O. The second kappa shape index (κ2) is 4.48. The first kappa shape index (κ1) is 11.8. The average molecular weight is 196 g/mol. The SMILES string of the molecule is CC(C)CC1=CCC(C)(C(C)O)CC1. The van der Waals surface area contributed by atoms with Gasteiger partial charge < -0.3 is 5.11 Å². The first-order chi connectivity index (χ1) is 6.44. The van der Waals surface area contributed by atoms with E-state index >= 15 is 0 Å². The zero-order valence-corrected chi connectivity index (χ0v) is 10.0. The van der Waals surface area contributed by atoms with Crippen LogP contribution in [0, 0.1) is 11.3 Å². The van der Waals surface area contributed by atoms with Crippen LogP contribution in [-0.4, -0.2) is 11.2 Å². The van der Waals surface area contributed by atoms with Crippen LogP contribution < -0.4 is 0 Å². The lowest BCUT2D eigenvalue weighted by molar-refractivity contribution is 0.0439. The van der Waals surface area contributed by atoms with Crippen LogP contribution in [0.3, 0.4) is 0 Å². The van der Waals surface area contributed by atoms with Gasteiger partial charge in [0, 0.05) is 0 Å². The molecule has 0 aromatic heterocycles. The Morgan fingerprint density at radius 1 is 1.43 bits per heavy atom. The number of rotatable bonds is 3. The molecule has 0 bridgehead atoms. The predicted octanol–water partition coefficient (Wildman–Crippen LogP) is 3.53. The first-order valence-corrected chi connectivity index (χ1v) is 5.80. The summed E-state index contributed by atoms with van der Waals surface area (Å²) in [5, 5.41) is 9.68.